The van der Waals surface area contributed by atoms with Crippen LogP contribution in [0, 0.1) is 5.92 Å². The molecule has 2 nitrogen and oxygen atoms in total. The number of ether oxygens (including phenoxy) is 1. The van der Waals surface area contributed by atoms with Gasteiger partial charge in [0.05, 0.1) is 7.11 Å². The second-order valence-corrected chi connectivity index (χ2v) is 5.75. The highest BCUT2D eigenvalue weighted by atomic mass is 16.5. The van der Waals surface area contributed by atoms with E-state index in [1.165, 1.54) is 31.2 Å². The van der Waals surface area contributed by atoms with E-state index in [2.05, 4.69) is 37.4 Å². The van der Waals surface area contributed by atoms with E-state index in [0.29, 0.717) is 5.41 Å². The van der Waals surface area contributed by atoms with Gasteiger partial charge in [0.1, 0.15) is 5.75 Å². The third-order valence-corrected chi connectivity index (χ3v) is 4.59. The first-order chi connectivity index (χ1) is 9.26. The largest absolute Gasteiger partial charge is 0.497 e. The maximum absolute atomic E-state index is 5.41. The molecule has 0 unspecified atom stereocenters. The van der Waals surface area contributed by atoms with Gasteiger partial charge < -0.3 is 10.1 Å². The van der Waals surface area contributed by atoms with Crippen LogP contribution >= 0.6 is 0 Å². The molecule has 0 bridgehead atoms. The number of benzene rings is 1. The Kier molecular flexibility index (Phi) is 4.87. The van der Waals surface area contributed by atoms with Crippen LogP contribution in [0.4, 0.5) is 0 Å². The van der Waals surface area contributed by atoms with Crippen molar-refractivity contribution in [3.05, 3.63) is 29.8 Å². The average molecular weight is 261 g/mol. The van der Waals surface area contributed by atoms with Gasteiger partial charge in [-0.3, -0.25) is 0 Å². The van der Waals surface area contributed by atoms with Crippen LogP contribution < -0.4 is 10.1 Å². The molecule has 0 aliphatic carbocycles. The molecule has 0 radical (unpaired) electrons. The molecule has 2 heteroatoms. The summed E-state index contributed by atoms with van der Waals surface area (Å²) in [5.74, 6) is 1.74. The normalized spacial score (nSPS) is 26.6. The molecule has 1 aliphatic heterocycles. The third-order valence-electron chi connectivity index (χ3n) is 4.59. The van der Waals surface area contributed by atoms with Crippen molar-refractivity contribution in [2.75, 3.05) is 20.2 Å². The number of hydrogen-bond donors (Lipinski definition) is 1. The number of hydrogen-bond acceptors (Lipinski definition) is 2. The van der Waals surface area contributed by atoms with Crippen molar-refractivity contribution < 1.29 is 4.74 Å². The predicted molar refractivity (Wildman–Crippen MR) is 80.8 cm³/mol. The molecule has 1 fully saturated rings. The summed E-state index contributed by atoms with van der Waals surface area (Å²) < 4.78 is 5.41. The SMILES string of the molecule is CCC[C@H]1CNC[C@@]1(CCC)c1cccc(OC)c1. The van der Waals surface area contributed by atoms with Crippen LogP contribution in [0.2, 0.25) is 0 Å². The van der Waals surface area contributed by atoms with Crippen molar-refractivity contribution in [3.63, 3.8) is 0 Å². The van der Waals surface area contributed by atoms with Gasteiger partial charge in [0, 0.05) is 12.0 Å². The summed E-state index contributed by atoms with van der Waals surface area (Å²) in [6.07, 6.45) is 5.07. The molecule has 19 heavy (non-hydrogen) atoms. The minimum absolute atomic E-state index is 0.305. The highest BCUT2D eigenvalue weighted by molar-refractivity contribution is 5.36. The Morgan fingerprint density at radius 1 is 1.32 bits per heavy atom. The zero-order valence-corrected chi connectivity index (χ0v) is 12.5. The summed E-state index contributed by atoms with van der Waals surface area (Å²) in [6, 6.07) is 8.70. The smallest absolute Gasteiger partial charge is 0.119 e. The molecular formula is C17H27NO. The van der Waals surface area contributed by atoms with Crippen molar-refractivity contribution in [2.24, 2.45) is 5.92 Å². The molecule has 1 aromatic rings. The maximum Gasteiger partial charge on any atom is 0.119 e. The van der Waals surface area contributed by atoms with Gasteiger partial charge in [-0.15, -0.1) is 0 Å². The lowest BCUT2D eigenvalue weighted by atomic mass is 9.68. The Labute approximate surface area is 117 Å². The van der Waals surface area contributed by atoms with Gasteiger partial charge in [-0.2, -0.15) is 0 Å². The van der Waals surface area contributed by atoms with E-state index in [1.54, 1.807) is 7.11 Å². The van der Waals surface area contributed by atoms with Crippen LogP contribution in [0.5, 0.6) is 5.75 Å². The van der Waals surface area contributed by atoms with E-state index < -0.39 is 0 Å². The van der Waals surface area contributed by atoms with E-state index in [-0.39, 0.29) is 0 Å². The van der Waals surface area contributed by atoms with Crippen molar-refractivity contribution in [1.29, 1.82) is 0 Å². The first-order valence-electron chi connectivity index (χ1n) is 7.62. The van der Waals surface area contributed by atoms with Crippen LogP contribution in [-0.2, 0) is 5.41 Å². The van der Waals surface area contributed by atoms with Crippen LogP contribution in [-0.4, -0.2) is 20.2 Å². The van der Waals surface area contributed by atoms with E-state index in [0.717, 1.165) is 24.8 Å². The Balaban J connectivity index is 2.36. The van der Waals surface area contributed by atoms with Gasteiger partial charge in [-0.25, -0.2) is 0 Å². The Bertz CT molecular complexity index is 404. The van der Waals surface area contributed by atoms with Crippen molar-refractivity contribution >= 4 is 0 Å². The Hall–Kier alpha value is -1.02. The molecule has 1 saturated heterocycles. The van der Waals surface area contributed by atoms with Crippen LogP contribution in [0.3, 0.4) is 0 Å². The zero-order valence-electron chi connectivity index (χ0n) is 12.5. The summed E-state index contributed by atoms with van der Waals surface area (Å²) in [5, 5.41) is 3.63. The van der Waals surface area contributed by atoms with E-state index in [4.69, 9.17) is 4.74 Å². The van der Waals surface area contributed by atoms with Gasteiger partial charge >= 0.3 is 0 Å². The van der Waals surface area contributed by atoms with Gasteiger partial charge in [-0.05, 0) is 43.0 Å². The molecule has 1 heterocycles. The van der Waals surface area contributed by atoms with Crippen LogP contribution in [0.1, 0.15) is 45.1 Å². The van der Waals surface area contributed by atoms with E-state index in [9.17, 15) is 0 Å². The lowest BCUT2D eigenvalue weighted by molar-refractivity contribution is 0.296. The fourth-order valence-corrected chi connectivity index (χ4v) is 3.69. The second-order valence-electron chi connectivity index (χ2n) is 5.75. The quantitative estimate of drug-likeness (QED) is 0.842. The van der Waals surface area contributed by atoms with Gasteiger partial charge in [0.2, 0.25) is 0 Å². The predicted octanol–water partition coefficient (Wildman–Crippen LogP) is 3.75. The molecule has 0 spiro atoms. The van der Waals surface area contributed by atoms with Crippen LogP contribution in [0.15, 0.2) is 24.3 Å². The Morgan fingerprint density at radius 3 is 2.84 bits per heavy atom. The molecule has 1 aliphatic rings. The van der Waals surface area contributed by atoms with Crippen molar-refractivity contribution in [3.8, 4) is 5.75 Å². The Morgan fingerprint density at radius 2 is 2.16 bits per heavy atom. The monoisotopic (exact) mass is 261 g/mol. The number of rotatable bonds is 6. The highest BCUT2D eigenvalue weighted by Crippen LogP contribution is 2.42. The molecular weight excluding hydrogens is 234 g/mol. The zero-order chi connectivity index (χ0) is 13.7. The number of methoxy groups -OCH3 is 1. The molecule has 0 aromatic heterocycles. The lowest BCUT2D eigenvalue weighted by Gasteiger charge is -2.35. The summed E-state index contributed by atoms with van der Waals surface area (Å²) in [6.45, 7) is 6.85. The third kappa shape index (κ3) is 2.79. The molecule has 0 saturated carbocycles. The second kappa shape index (κ2) is 6.42. The number of nitrogens with one attached hydrogen (secondary N) is 1. The topological polar surface area (TPSA) is 21.3 Å². The molecule has 1 N–H and O–H groups in total. The maximum atomic E-state index is 5.41. The molecule has 0 amide bonds. The average Bonchev–Trinajstić information content (AvgIpc) is 2.84. The minimum Gasteiger partial charge on any atom is -0.497 e. The lowest BCUT2D eigenvalue weighted by Crippen LogP contribution is -2.35. The fourth-order valence-electron chi connectivity index (χ4n) is 3.69. The summed E-state index contributed by atoms with van der Waals surface area (Å²) in [7, 11) is 1.75. The van der Waals surface area contributed by atoms with Crippen LogP contribution in [0.25, 0.3) is 0 Å². The standard InChI is InChI=1S/C17H27NO/c1-4-7-15-12-18-13-17(15,10-5-2)14-8-6-9-16(11-14)19-3/h6,8-9,11,15,18H,4-5,7,10,12-13H2,1-3H3/t15-,17-/m0/s1. The molecule has 1 aromatic carbocycles. The molecule has 2 atom stereocenters. The molecule has 106 valence electrons. The van der Waals surface area contributed by atoms with Crippen molar-refractivity contribution in [2.45, 2.75) is 44.9 Å². The van der Waals surface area contributed by atoms with Gasteiger partial charge in [0.25, 0.3) is 0 Å². The van der Waals surface area contributed by atoms with Crippen molar-refractivity contribution in [1.82, 2.24) is 5.32 Å². The van der Waals surface area contributed by atoms with E-state index in [1.807, 2.05) is 6.07 Å². The fraction of sp³-hybridized carbons (Fsp3) is 0.647. The first kappa shape index (κ1) is 14.4. The summed E-state index contributed by atoms with van der Waals surface area (Å²) in [5.41, 5.74) is 1.76. The summed E-state index contributed by atoms with van der Waals surface area (Å²) in [4.78, 5) is 0. The van der Waals surface area contributed by atoms with E-state index >= 15 is 0 Å². The highest BCUT2D eigenvalue weighted by Gasteiger charge is 2.42. The first-order valence-corrected chi connectivity index (χ1v) is 7.62. The van der Waals surface area contributed by atoms with Gasteiger partial charge in [-0.1, -0.05) is 38.8 Å². The van der Waals surface area contributed by atoms with Gasteiger partial charge in [0.15, 0.2) is 0 Å². The minimum atomic E-state index is 0.305. The molecule has 2 rings (SSSR count). The summed E-state index contributed by atoms with van der Waals surface area (Å²) >= 11 is 0.